The minimum atomic E-state index is 0.00592. The van der Waals surface area contributed by atoms with E-state index in [1.54, 1.807) is 25.1 Å². The molecule has 0 saturated heterocycles. The Bertz CT molecular complexity index is 585. The van der Waals surface area contributed by atoms with Crippen LogP contribution in [-0.2, 0) is 11.3 Å². The Kier molecular flexibility index (Phi) is 4.39. The number of rotatable bonds is 4. The van der Waals surface area contributed by atoms with Crippen LogP contribution in [0, 0.1) is 0 Å². The van der Waals surface area contributed by atoms with E-state index in [0.717, 1.165) is 16.3 Å². The van der Waals surface area contributed by atoms with Crippen molar-refractivity contribution in [3.8, 4) is 0 Å². The van der Waals surface area contributed by atoms with Gasteiger partial charge in [0.25, 0.3) is 0 Å². The summed E-state index contributed by atoms with van der Waals surface area (Å²) in [5, 5.41) is 3.28. The van der Waals surface area contributed by atoms with Crippen molar-refractivity contribution in [2.24, 2.45) is 0 Å². The number of nitrogens with zero attached hydrogens (tertiary/aromatic N) is 2. The predicted octanol–water partition coefficient (Wildman–Crippen LogP) is 3.39. The highest BCUT2D eigenvalue weighted by Crippen LogP contribution is 2.21. The third kappa shape index (κ3) is 3.68. The second kappa shape index (κ2) is 6.04. The first kappa shape index (κ1) is 13.8. The zero-order chi connectivity index (χ0) is 13.8. The second-order valence-corrected chi connectivity index (χ2v) is 5.76. The summed E-state index contributed by atoms with van der Waals surface area (Å²) in [6.07, 6.45) is 1.76. The Morgan fingerprint density at radius 2 is 2.32 bits per heavy atom. The third-order valence-electron chi connectivity index (χ3n) is 2.70. The van der Waals surface area contributed by atoms with Crippen molar-refractivity contribution in [3.05, 3.63) is 39.8 Å². The quantitative estimate of drug-likeness (QED) is 0.940. The standard InChI is InChI=1S/C13H14ClN3OS/c1-9(18)17(2)11-5-3-4-10(6-11)15-7-12-8-16-13(14)19-12/h3-6,8,15H,7H2,1-2H3. The molecule has 0 aliphatic rings. The molecule has 0 fully saturated rings. The molecule has 6 heteroatoms. The first-order chi connectivity index (χ1) is 9.06. The molecule has 0 bridgehead atoms. The van der Waals surface area contributed by atoms with Crippen LogP contribution in [-0.4, -0.2) is 17.9 Å². The monoisotopic (exact) mass is 295 g/mol. The molecule has 19 heavy (non-hydrogen) atoms. The number of aromatic nitrogens is 1. The molecule has 1 N–H and O–H groups in total. The molecular weight excluding hydrogens is 282 g/mol. The lowest BCUT2D eigenvalue weighted by Crippen LogP contribution is -2.22. The fourth-order valence-electron chi connectivity index (χ4n) is 1.56. The third-order valence-corrected chi connectivity index (χ3v) is 3.81. The van der Waals surface area contributed by atoms with Gasteiger partial charge < -0.3 is 10.2 Å². The van der Waals surface area contributed by atoms with Crippen LogP contribution >= 0.6 is 22.9 Å². The maximum atomic E-state index is 11.3. The summed E-state index contributed by atoms with van der Waals surface area (Å²) in [4.78, 5) is 18.0. The molecule has 2 rings (SSSR count). The predicted molar refractivity (Wildman–Crippen MR) is 80.0 cm³/mol. The number of carbonyl (C=O) groups is 1. The molecule has 0 aliphatic carbocycles. The Morgan fingerprint density at radius 3 is 2.95 bits per heavy atom. The number of carbonyl (C=O) groups excluding carboxylic acids is 1. The van der Waals surface area contributed by atoms with E-state index in [4.69, 9.17) is 11.6 Å². The van der Waals surface area contributed by atoms with Gasteiger partial charge in [-0.25, -0.2) is 4.98 Å². The minimum Gasteiger partial charge on any atom is -0.380 e. The Morgan fingerprint density at radius 1 is 1.53 bits per heavy atom. The van der Waals surface area contributed by atoms with E-state index in [1.165, 1.54) is 11.3 Å². The maximum absolute atomic E-state index is 11.3. The first-order valence-electron chi connectivity index (χ1n) is 5.74. The molecule has 1 aromatic heterocycles. The van der Waals surface area contributed by atoms with E-state index >= 15 is 0 Å². The molecule has 0 radical (unpaired) electrons. The van der Waals surface area contributed by atoms with Crippen LogP contribution in [0.15, 0.2) is 30.5 Å². The molecule has 0 unspecified atom stereocenters. The molecule has 1 heterocycles. The lowest BCUT2D eigenvalue weighted by Gasteiger charge is -2.16. The summed E-state index contributed by atoms with van der Waals surface area (Å²) in [6, 6.07) is 7.71. The molecule has 0 spiro atoms. The van der Waals surface area contributed by atoms with Gasteiger partial charge in [-0.15, -0.1) is 11.3 Å². The fraction of sp³-hybridized carbons (Fsp3) is 0.231. The van der Waals surface area contributed by atoms with Gasteiger partial charge in [0.05, 0.1) is 6.54 Å². The first-order valence-corrected chi connectivity index (χ1v) is 6.94. The average Bonchev–Trinajstić information content (AvgIpc) is 2.81. The van der Waals surface area contributed by atoms with Gasteiger partial charge >= 0.3 is 0 Å². The van der Waals surface area contributed by atoms with E-state index in [0.29, 0.717) is 11.0 Å². The summed E-state index contributed by atoms with van der Waals surface area (Å²) >= 11 is 7.23. The Balaban J connectivity index is 2.05. The smallest absolute Gasteiger partial charge is 0.223 e. The zero-order valence-corrected chi connectivity index (χ0v) is 12.3. The summed E-state index contributed by atoms with van der Waals surface area (Å²) in [6.45, 7) is 2.21. The van der Waals surface area contributed by atoms with Crippen LogP contribution < -0.4 is 10.2 Å². The van der Waals surface area contributed by atoms with Gasteiger partial charge in [-0.3, -0.25) is 4.79 Å². The molecule has 100 valence electrons. The van der Waals surface area contributed by atoms with Crippen molar-refractivity contribution in [2.75, 3.05) is 17.3 Å². The Hall–Kier alpha value is -1.59. The minimum absolute atomic E-state index is 0.00592. The van der Waals surface area contributed by atoms with Crippen LogP contribution in [0.3, 0.4) is 0 Å². The van der Waals surface area contributed by atoms with Crippen LogP contribution in [0.5, 0.6) is 0 Å². The van der Waals surface area contributed by atoms with Crippen molar-refractivity contribution in [3.63, 3.8) is 0 Å². The summed E-state index contributed by atoms with van der Waals surface area (Å²) < 4.78 is 0.543. The maximum Gasteiger partial charge on any atom is 0.223 e. The van der Waals surface area contributed by atoms with Crippen molar-refractivity contribution in [1.82, 2.24) is 4.98 Å². The van der Waals surface area contributed by atoms with Crippen molar-refractivity contribution in [1.29, 1.82) is 0 Å². The number of thiazole rings is 1. The number of anilines is 2. The lowest BCUT2D eigenvalue weighted by molar-refractivity contribution is -0.116. The van der Waals surface area contributed by atoms with Gasteiger partial charge in [0.2, 0.25) is 5.91 Å². The largest absolute Gasteiger partial charge is 0.380 e. The highest BCUT2D eigenvalue weighted by atomic mass is 35.5. The van der Waals surface area contributed by atoms with Gasteiger partial charge in [-0.2, -0.15) is 0 Å². The van der Waals surface area contributed by atoms with Crippen LogP contribution in [0.1, 0.15) is 11.8 Å². The molecule has 0 aliphatic heterocycles. The summed E-state index contributed by atoms with van der Waals surface area (Å²) in [7, 11) is 1.75. The zero-order valence-electron chi connectivity index (χ0n) is 10.7. The van der Waals surface area contributed by atoms with Gasteiger partial charge in [-0.1, -0.05) is 17.7 Å². The van der Waals surface area contributed by atoms with Crippen LogP contribution in [0.4, 0.5) is 11.4 Å². The van der Waals surface area contributed by atoms with E-state index in [1.807, 2.05) is 24.3 Å². The van der Waals surface area contributed by atoms with Crippen LogP contribution in [0.25, 0.3) is 0 Å². The normalized spacial score (nSPS) is 10.3. The molecule has 2 aromatic rings. The molecule has 0 saturated carbocycles. The van der Waals surface area contributed by atoms with Gasteiger partial charge in [0, 0.05) is 36.4 Å². The van der Waals surface area contributed by atoms with E-state index < -0.39 is 0 Å². The SMILES string of the molecule is CC(=O)N(C)c1cccc(NCc2cnc(Cl)s2)c1. The van der Waals surface area contributed by atoms with Gasteiger partial charge in [0.15, 0.2) is 4.47 Å². The average molecular weight is 296 g/mol. The number of hydrogen-bond acceptors (Lipinski definition) is 4. The molecule has 1 aromatic carbocycles. The molecule has 4 nitrogen and oxygen atoms in total. The number of benzene rings is 1. The van der Waals surface area contributed by atoms with Crippen molar-refractivity contribution in [2.45, 2.75) is 13.5 Å². The van der Waals surface area contributed by atoms with Crippen molar-refractivity contribution >= 4 is 40.2 Å². The topological polar surface area (TPSA) is 45.2 Å². The number of halogens is 1. The summed E-state index contributed by atoms with van der Waals surface area (Å²) in [5.74, 6) is 0.00592. The van der Waals surface area contributed by atoms with Crippen molar-refractivity contribution < 1.29 is 4.79 Å². The van der Waals surface area contributed by atoms with E-state index in [9.17, 15) is 4.79 Å². The number of nitrogens with one attached hydrogen (secondary N) is 1. The molecule has 0 atom stereocenters. The fourth-order valence-corrected chi connectivity index (χ4v) is 2.48. The lowest BCUT2D eigenvalue weighted by atomic mass is 10.2. The number of amides is 1. The Labute approximate surface area is 121 Å². The van der Waals surface area contributed by atoms with Gasteiger partial charge in [-0.05, 0) is 18.2 Å². The number of hydrogen-bond donors (Lipinski definition) is 1. The highest BCUT2D eigenvalue weighted by molar-refractivity contribution is 7.15. The van der Waals surface area contributed by atoms with E-state index in [2.05, 4.69) is 10.3 Å². The summed E-state index contributed by atoms with van der Waals surface area (Å²) in [5.41, 5.74) is 1.81. The second-order valence-electron chi connectivity index (χ2n) is 4.06. The van der Waals surface area contributed by atoms with Gasteiger partial charge in [0.1, 0.15) is 0 Å². The highest BCUT2D eigenvalue weighted by Gasteiger charge is 2.06. The van der Waals surface area contributed by atoms with Crippen LogP contribution in [0.2, 0.25) is 4.47 Å². The molecular formula is C13H14ClN3OS. The molecule has 1 amide bonds. The van der Waals surface area contributed by atoms with E-state index in [-0.39, 0.29) is 5.91 Å².